The molecular weight excluding hydrogens is 204 g/mol. The predicted octanol–water partition coefficient (Wildman–Crippen LogP) is 1.98. The molecular formula is C12H24N2O2. The quantitative estimate of drug-likeness (QED) is 0.786. The minimum atomic E-state index is -0.420. The summed E-state index contributed by atoms with van der Waals surface area (Å²) in [6.07, 6.45) is 1.78. The van der Waals surface area contributed by atoms with Gasteiger partial charge in [-0.25, -0.2) is 4.79 Å². The summed E-state index contributed by atoms with van der Waals surface area (Å²) in [7, 11) is 0. The summed E-state index contributed by atoms with van der Waals surface area (Å²) in [5.74, 6) is 0.428. The standard InChI is InChI=1S/C12H24N2O2/c1-5-10-6-9(7-13)8-14(10)11(15)16-12(2,3)4/h9-10H,5-8,13H2,1-4H3/t9-,10+/m0/s1. The lowest BCUT2D eigenvalue weighted by atomic mass is 10.1. The molecule has 1 heterocycles. The second-order valence-corrected chi connectivity index (χ2v) is 5.53. The van der Waals surface area contributed by atoms with Crippen LogP contribution in [0.2, 0.25) is 0 Å². The van der Waals surface area contributed by atoms with Gasteiger partial charge < -0.3 is 15.4 Å². The van der Waals surface area contributed by atoms with Crippen molar-refractivity contribution in [3.8, 4) is 0 Å². The third-order valence-corrected chi connectivity index (χ3v) is 2.93. The average Bonchev–Trinajstić information content (AvgIpc) is 2.58. The van der Waals surface area contributed by atoms with Crippen molar-refractivity contribution in [3.05, 3.63) is 0 Å². The van der Waals surface area contributed by atoms with Crippen molar-refractivity contribution < 1.29 is 9.53 Å². The molecule has 2 N–H and O–H groups in total. The summed E-state index contributed by atoms with van der Waals surface area (Å²) in [6, 6.07) is 0.295. The van der Waals surface area contributed by atoms with E-state index in [1.54, 1.807) is 0 Å². The monoisotopic (exact) mass is 228 g/mol. The Morgan fingerprint density at radius 2 is 2.12 bits per heavy atom. The van der Waals surface area contributed by atoms with E-state index in [1.165, 1.54) is 0 Å². The summed E-state index contributed by atoms with van der Waals surface area (Å²) in [6.45, 7) is 9.16. The van der Waals surface area contributed by atoms with Gasteiger partial charge in [-0.3, -0.25) is 0 Å². The fraction of sp³-hybridized carbons (Fsp3) is 0.917. The summed E-state index contributed by atoms with van der Waals surface area (Å²) >= 11 is 0. The highest BCUT2D eigenvalue weighted by atomic mass is 16.6. The molecule has 1 fully saturated rings. The zero-order valence-electron chi connectivity index (χ0n) is 10.8. The molecule has 0 radical (unpaired) electrons. The minimum Gasteiger partial charge on any atom is -0.444 e. The Kier molecular flexibility index (Phi) is 4.19. The van der Waals surface area contributed by atoms with Crippen LogP contribution in [0.25, 0.3) is 0 Å². The molecule has 0 aromatic carbocycles. The minimum absolute atomic E-state index is 0.199. The Morgan fingerprint density at radius 3 is 2.56 bits per heavy atom. The molecule has 0 spiro atoms. The number of nitrogens with zero attached hydrogens (tertiary/aromatic N) is 1. The molecule has 1 amide bonds. The first-order chi connectivity index (χ1) is 7.37. The molecule has 4 nitrogen and oxygen atoms in total. The summed E-state index contributed by atoms with van der Waals surface area (Å²) in [5.41, 5.74) is 5.24. The molecule has 1 rings (SSSR count). The van der Waals surface area contributed by atoms with Crippen LogP contribution in [0.5, 0.6) is 0 Å². The van der Waals surface area contributed by atoms with Crippen molar-refractivity contribution in [2.45, 2.75) is 52.2 Å². The van der Waals surface area contributed by atoms with Crippen LogP contribution in [0, 0.1) is 5.92 Å². The van der Waals surface area contributed by atoms with Crippen LogP contribution in [-0.2, 0) is 4.74 Å². The topological polar surface area (TPSA) is 55.6 Å². The van der Waals surface area contributed by atoms with Crippen molar-refractivity contribution >= 4 is 6.09 Å². The van der Waals surface area contributed by atoms with Crippen LogP contribution in [0.15, 0.2) is 0 Å². The van der Waals surface area contributed by atoms with Crippen LogP contribution >= 0.6 is 0 Å². The maximum absolute atomic E-state index is 12.0. The van der Waals surface area contributed by atoms with Gasteiger partial charge in [0.15, 0.2) is 0 Å². The normalized spacial score (nSPS) is 25.9. The number of likely N-dealkylation sites (tertiary alicyclic amines) is 1. The Hall–Kier alpha value is -0.770. The van der Waals surface area contributed by atoms with E-state index in [-0.39, 0.29) is 6.09 Å². The SMILES string of the molecule is CC[C@@H]1C[C@@H](CN)CN1C(=O)OC(C)(C)C. The lowest BCUT2D eigenvalue weighted by molar-refractivity contribution is 0.0219. The molecule has 0 saturated carbocycles. The first-order valence-corrected chi connectivity index (χ1v) is 6.07. The largest absolute Gasteiger partial charge is 0.444 e. The van der Waals surface area contributed by atoms with E-state index in [0.29, 0.717) is 18.5 Å². The van der Waals surface area contributed by atoms with E-state index >= 15 is 0 Å². The lowest BCUT2D eigenvalue weighted by Crippen LogP contribution is -2.39. The van der Waals surface area contributed by atoms with Crippen LogP contribution in [-0.4, -0.2) is 35.7 Å². The Morgan fingerprint density at radius 1 is 1.50 bits per heavy atom. The van der Waals surface area contributed by atoms with Crippen molar-refractivity contribution in [1.82, 2.24) is 4.90 Å². The van der Waals surface area contributed by atoms with E-state index in [2.05, 4.69) is 6.92 Å². The number of ether oxygens (including phenoxy) is 1. The molecule has 2 atom stereocenters. The molecule has 1 aliphatic rings. The molecule has 0 aromatic rings. The number of hydrogen-bond acceptors (Lipinski definition) is 3. The Bertz CT molecular complexity index is 248. The van der Waals surface area contributed by atoms with Crippen LogP contribution < -0.4 is 5.73 Å². The van der Waals surface area contributed by atoms with Gasteiger partial charge in [0.2, 0.25) is 0 Å². The number of hydrogen-bond donors (Lipinski definition) is 1. The van der Waals surface area contributed by atoms with E-state index in [0.717, 1.165) is 19.4 Å². The Balaban J connectivity index is 2.61. The molecule has 0 unspecified atom stereocenters. The molecule has 1 aliphatic heterocycles. The van der Waals surface area contributed by atoms with Gasteiger partial charge in [-0.2, -0.15) is 0 Å². The molecule has 0 aromatic heterocycles. The van der Waals surface area contributed by atoms with E-state index < -0.39 is 5.60 Å². The first-order valence-electron chi connectivity index (χ1n) is 6.07. The van der Waals surface area contributed by atoms with Gasteiger partial charge in [0.1, 0.15) is 5.60 Å². The highest BCUT2D eigenvalue weighted by molar-refractivity contribution is 5.69. The number of amides is 1. The van der Waals surface area contributed by atoms with Crippen molar-refractivity contribution in [2.24, 2.45) is 11.7 Å². The van der Waals surface area contributed by atoms with Gasteiger partial charge in [-0.1, -0.05) is 6.92 Å². The van der Waals surface area contributed by atoms with Gasteiger partial charge >= 0.3 is 6.09 Å². The molecule has 0 aliphatic carbocycles. The van der Waals surface area contributed by atoms with E-state index in [1.807, 2.05) is 25.7 Å². The highest BCUT2D eigenvalue weighted by Gasteiger charge is 2.35. The predicted molar refractivity (Wildman–Crippen MR) is 64.2 cm³/mol. The van der Waals surface area contributed by atoms with Gasteiger partial charge in [-0.05, 0) is 46.1 Å². The third-order valence-electron chi connectivity index (χ3n) is 2.93. The van der Waals surface area contributed by atoms with Gasteiger partial charge in [0, 0.05) is 12.6 Å². The second-order valence-electron chi connectivity index (χ2n) is 5.53. The fourth-order valence-electron chi connectivity index (χ4n) is 2.12. The fourth-order valence-corrected chi connectivity index (χ4v) is 2.12. The maximum atomic E-state index is 12.0. The highest BCUT2D eigenvalue weighted by Crippen LogP contribution is 2.26. The summed E-state index contributed by atoms with van der Waals surface area (Å²) in [4.78, 5) is 13.8. The lowest BCUT2D eigenvalue weighted by Gasteiger charge is -2.28. The molecule has 4 heteroatoms. The van der Waals surface area contributed by atoms with Crippen molar-refractivity contribution in [3.63, 3.8) is 0 Å². The molecule has 1 saturated heterocycles. The molecule has 94 valence electrons. The van der Waals surface area contributed by atoms with E-state index in [4.69, 9.17) is 10.5 Å². The number of rotatable bonds is 2. The zero-order chi connectivity index (χ0) is 12.3. The molecule has 16 heavy (non-hydrogen) atoms. The number of carbonyl (C=O) groups is 1. The maximum Gasteiger partial charge on any atom is 0.410 e. The van der Waals surface area contributed by atoms with Gasteiger partial charge in [0.05, 0.1) is 0 Å². The average molecular weight is 228 g/mol. The first kappa shape index (κ1) is 13.3. The van der Waals surface area contributed by atoms with Crippen LogP contribution in [0.1, 0.15) is 40.5 Å². The number of carbonyl (C=O) groups excluding carboxylic acids is 1. The second kappa shape index (κ2) is 5.04. The van der Waals surface area contributed by atoms with Crippen molar-refractivity contribution in [1.29, 1.82) is 0 Å². The number of nitrogens with two attached hydrogens (primary N) is 1. The Labute approximate surface area is 98.1 Å². The third kappa shape index (κ3) is 3.37. The van der Waals surface area contributed by atoms with E-state index in [9.17, 15) is 4.79 Å². The summed E-state index contributed by atoms with van der Waals surface area (Å²) in [5, 5.41) is 0. The van der Waals surface area contributed by atoms with Crippen LogP contribution in [0.4, 0.5) is 4.79 Å². The molecule has 0 bridgehead atoms. The van der Waals surface area contributed by atoms with Gasteiger partial charge in [0.25, 0.3) is 0 Å². The smallest absolute Gasteiger partial charge is 0.410 e. The summed E-state index contributed by atoms with van der Waals surface area (Å²) < 4.78 is 5.39. The van der Waals surface area contributed by atoms with Crippen molar-refractivity contribution in [2.75, 3.05) is 13.1 Å². The van der Waals surface area contributed by atoms with Gasteiger partial charge in [-0.15, -0.1) is 0 Å². The van der Waals surface area contributed by atoms with Crippen LogP contribution in [0.3, 0.4) is 0 Å². The zero-order valence-corrected chi connectivity index (χ0v) is 10.8.